The van der Waals surface area contributed by atoms with Gasteiger partial charge in [0.25, 0.3) is 0 Å². The first kappa shape index (κ1) is 16.0. The van der Waals surface area contributed by atoms with E-state index in [0.29, 0.717) is 71.8 Å². The van der Waals surface area contributed by atoms with Crippen LogP contribution in [-0.2, 0) is 9.59 Å². The Bertz CT molecular complexity index is 797. The maximum absolute atomic E-state index is 13.1. The molecule has 8 rings (SSSR count). The highest BCUT2D eigenvalue weighted by Gasteiger charge is 2.84. The normalized spacial score (nSPS) is 74.3. The Morgan fingerprint density at radius 2 is 1.07 bits per heavy atom. The maximum atomic E-state index is 13.1. The van der Waals surface area contributed by atoms with E-state index in [2.05, 4.69) is 13.8 Å². The topological polar surface area (TPSA) is 74.6 Å². The summed E-state index contributed by atoms with van der Waals surface area (Å²) in [5.41, 5.74) is -2.29. The van der Waals surface area contributed by atoms with Crippen LogP contribution in [0, 0.1) is 82.9 Å². The number of hydrogen-bond donors (Lipinski definition) is 2. The van der Waals surface area contributed by atoms with Gasteiger partial charge in [0.1, 0.15) is 11.6 Å². The maximum Gasteiger partial charge on any atom is 0.139 e. The zero-order chi connectivity index (χ0) is 19.1. The highest BCUT2D eigenvalue weighted by Crippen LogP contribution is 2.80. The number of rotatable bonds is 1. The van der Waals surface area contributed by atoms with Crippen molar-refractivity contribution in [2.24, 2.45) is 82.9 Å². The predicted molar refractivity (Wildman–Crippen MR) is 98.6 cm³/mol. The molecule has 0 spiro atoms. The number of hydrogen-bond acceptors (Lipinski definition) is 4. The molecule has 0 aliphatic heterocycles. The summed E-state index contributed by atoms with van der Waals surface area (Å²) in [5, 5.41) is 24.6. The van der Waals surface area contributed by atoms with Crippen LogP contribution in [0.1, 0.15) is 39.5 Å². The van der Waals surface area contributed by atoms with Crippen LogP contribution in [0.2, 0.25) is 0 Å². The van der Waals surface area contributed by atoms with E-state index in [1.165, 1.54) is 0 Å². The summed E-state index contributed by atoms with van der Waals surface area (Å²) < 4.78 is 0. The van der Waals surface area contributed by atoms with Gasteiger partial charge in [0, 0.05) is 35.5 Å². The molecule has 0 aromatic rings. The molecule has 0 radical (unpaired) electrons. The van der Waals surface area contributed by atoms with Crippen LogP contribution in [0.25, 0.3) is 0 Å². The zero-order valence-corrected chi connectivity index (χ0v) is 16.6. The fraction of sp³-hybridized carbons (Fsp3) is 0.917. The predicted octanol–water partition coefficient (Wildman–Crippen LogP) is 1.92. The summed E-state index contributed by atoms with van der Waals surface area (Å²) >= 11 is 0. The van der Waals surface area contributed by atoms with Gasteiger partial charge in [0.2, 0.25) is 0 Å². The van der Waals surface area contributed by atoms with Crippen molar-refractivity contribution in [1.82, 2.24) is 0 Å². The van der Waals surface area contributed by atoms with Crippen molar-refractivity contribution >= 4 is 11.6 Å². The van der Waals surface area contributed by atoms with Crippen LogP contribution in [0.3, 0.4) is 0 Å². The lowest BCUT2D eigenvalue weighted by atomic mass is 9.63. The summed E-state index contributed by atoms with van der Waals surface area (Å²) in [4.78, 5) is 26.2. The molecular formula is C24H30O4. The number of Topliss-reactive ketones (excluding diaryl/α,β-unsaturated/α-hetero) is 2. The van der Waals surface area contributed by atoms with Crippen LogP contribution in [0.4, 0.5) is 0 Å². The number of carbonyl (C=O) groups excluding carboxylic acids is 2. The highest BCUT2D eigenvalue weighted by molar-refractivity contribution is 5.89. The Hall–Kier alpha value is -0.740. The van der Waals surface area contributed by atoms with E-state index >= 15 is 0 Å². The average molecular weight is 383 g/mol. The first-order chi connectivity index (χ1) is 13.3. The summed E-state index contributed by atoms with van der Waals surface area (Å²) in [7, 11) is 0. The molecule has 16 atom stereocenters. The zero-order valence-electron chi connectivity index (χ0n) is 16.6. The van der Waals surface area contributed by atoms with Gasteiger partial charge in [-0.3, -0.25) is 9.59 Å². The molecule has 0 heterocycles. The Kier molecular flexibility index (Phi) is 2.39. The van der Waals surface area contributed by atoms with Crippen LogP contribution >= 0.6 is 0 Å². The van der Waals surface area contributed by atoms with Crippen molar-refractivity contribution in [2.45, 2.75) is 50.7 Å². The van der Waals surface area contributed by atoms with Gasteiger partial charge in [-0.1, -0.05) is 13.8 Å². The van der Waals surface area contributed by atoms with E-state index in [9.17, 15) is 19.8 Å². The third kappa shape index (κ3) is 1.22. The molecule has 4 unspecified atom stereocenters. The average Bonchev–Trinajstić information content (AvgIpc) is 3.45. The molecule has 8 aliphatic carbocycles. The molecule has 0 saturated heterocycles. The van der Waals surface area contributed by atoms with Crippen molar-refractivity contribution in [1.29, 1.82) is 0 Å². The minimum absolute atomic E-state index is 0.0277. The standard InChI is InChI=1S/C24H30O4/c1-7-15-11-3-9-13(15)5-23(27,19(9)17(11)21(7)25)24(28)6-14-10-4-12-16(14)8(2)22(26)18(12)20(10)24/h7-20,27-28H,3-6H2,1-2H3/t7?,8?,9-,10+,11+,12-,13-,14+,15+,16-,17-,18+,19+,20-,23?,24?. The van der Waals surface area contributed by atoms with E-state index in [1.807, 2.05) is 0 Å². The molecule has 150 valence electrons. The second-order valence-corrected chi connectivity index (χ2v) is 12.4. The monoisotopic (exact) mass is 382 g/mol. The molecule has 8 aliphatic rings. The van der Waals surface area contributed by atoms with Crippen LogP contribution in [0.15, 0.2) is 0 Å². The summed E-state index contributed by atoms with van der Waals surface area (Å²) in [5.74, 6) is 4.28. The minimum Gasteiger partial charge on any atom is -0.387 e. The molecule has 0 amide bonds. The molecule has 8 saturated carbocycles. The van der Waals surface area contributed by atoms with E-state index in [4.69, 9.17) is 0 Å². The molecule has 0 aromatic heterocycles. The van der Waals surface area contributed by atoms with Crippen LogP contribution in [0.5, 0.6) is 0 Å². The highest BCUT2D eigenvalue weighted by atomic mass is 16.4. The van der Waals surface area contributed by atoms with E-state index in [1.54, 1.807) is 0 Å². The quantitative estimate of drug-likeness (QED) is 0.727. The van der Waals surface area contributed by atoms with Crippen molar-refractivity contribution in [3.63, 3.8) is 0 Å². The Balaban J connectivity index is 1.27. The van der Waals surface area contributed by atoms with E-state index in [-0.39, 0.29) is 35.5 Å². The van der Waals surface area contributed by atoms with Crippen LogP contribution in [-0.4, -0.2) is 33.0 Å². The Morgan fingerprint density at radius 3 is 1.46 bits per heavy atom. The van der Waals surface area contributed by atoms with Gasteiger partial charge in [0.05, 0.1) is 11.2 Å². The molecular weight excluding hydrogens is 352 g/mol. The fourth-order valence-corrected chi connectivity index (χ4v) is 12.2. The van der Waals surface area contributed by atoms with Gasteiger partial charge in [-0.15, -0.1) is 0 Å². The number of carbonyl (C=O) groups is 2. The Morgan fingerprint density at radius 1 is 0.679 bits per heavy atom. The number of aliphatic hydroxyl groups is 2. The molecule has 0 aromatic carbocycles. The largest absolute Gasteiger partial charge is 0.387 e. The van der Waals surface area contributed by atoms with Crippen molar-refractivity contribution < 1.29 is 19.8 Å². The van der Waals surface area contributed by atoms with Crippen molar-refractivity contribution in [2.75, 3.05) is 0 Å². The first-order valence-electron chi connectivity index (χ1n) is 11.8. The van der Waals surface area contributed by atoms with Crippen molar-refractivity contribution in [3.05, 3.63) is 0 Å². The van der Waals surface area contributed by atoms with Crippen LogP contribution < -0.4 is 0 Å². The third-order valence-electron chi connectivity index (χ3n) is 12.4. The third-order valence-corrected chi connectivity index (χ3v) is 12.4. The summed E-state index contributed by atoms with van der Waals surface area (Å²) in [6.45, 7) is 4.21. The number of fused-ring (bicyclic) bond motifs is 4. The van der Waals surface area contributed by atoms with Gasteiger partial charge in [-0.05, 0) is 73.0 Å². The summed E-state index contributed by atoms with van der Waals surface area (Å²) in [6, 6.07) is 0. The molecule has 2 N–H and O–H groups in total. The smallest absolute Gasteiger partial charge is 0.139 e. The molecule has 4 heteroatoms. The lowest BCUT2D eigenvalue weighted by Gasteiger charge is -2.48. The molecule has 28 heavy (non-hydrogen) atoms. The SMILES string of the molecule is CC1C(=O)[C@@H]2[C@H]3C[C@@H]4[C@@H](CC(O)(C5(O)C[C@H]6[C@@H]7C[C@H]8[C@H](C(=O)C(C)[C@@H]68)[C@@H]75)[C@@H]42)[C@@H]13. The van der Waals surface area contributed by atoms with Crippen molar-refractivity contribution in [3.8, 4) is 0 Å². The van der Waals surface area contributed by atoms with Gasteiger partial charge in [-0.2, -0.15) is 0 Å². The lowest BCUT2D eigenvalue weighted by molar-refractivity contribution is -0.206. The fourth-order valence-electron chi connectivity index (χ4n) is 12.2. The minimum atomic E-state index is -1.15. The second kappa shape index (κ2) is 4.19. The van der Waals surface area contributed by atoms with Gasteiger partial charge >= 0.3 is 0 Å². The number of ketones is 2. The lowest BCUT2D eigenvalue weighted by Crippen LogP contribution is -2.62. The van der Waals surface area contributed by atoms with E-state index < -0.39 is 11.2 Å². The van der Waals surface area contributed by atoms with Gasteiger partial charge in [0.15, 0.2) is 0 Å². The molecule has 8 fully saturated rings. The molecule has 4 nitrogen and oxygen atoms in total. The van der Waals surface area contributed by atoms with E-state index in [0.717, 1.165) is 12.8 Å². The first-order valence-corrected chi connectivity index (χ1v) is 11.8. The van der Waals surface area contributed by atoms with Gasteiger partial charge in [-0.25, -0.2) is 0 Å². The Labute approximate surface area is 165 Å². The summed E-state index contributed by atoms with van der Waals surface area (Å²) in [6.07, 6.45) is 3.52. The van der Waals surface area contributed by atoms with Gasteiger partial charge < -0.3 is 10.2 Å². The second-order valence-electron chi connectivity index (χ2n) is 12.4. The molecule has 4 bridgehead atoms.